The molecule has 0 aromatic heterocycles. The number of hydrogen-bond acceptors (Lipinski definition) is 4. The van der Waals surface area contributed by atoms with Crippen LogP contribution in [0, 0.1) is 23.7 Å². The molecule has 4 aliphatic rings. The van der Waals surface area contributed by atoms with E-state index in [1.807, 2.05) is 0 Å². The number of esters is 2. The lowest BCUT2D eigenvalue weighted by Gasteiger charge is -2.53. The minimum Gasteiger partial charge on any atom is -0.462 e. The predicted molar refractivity (Wildman–Crippen MR) is 102 cm³/mol. The Morgan fingerprint density at radius 2 is 1.41 bits per heavy atom. The Labute approximate surface area is 161 Å². The second-order valence-corrected chi connectivity index (χ2v) is 8.72. The molecule has 4 saturated carbocycles. The minimum absolute atomic E-state index is 0.0912. The van der Waals surface area contributed by atoms with Crippen LogP contribution in [-0.4, -0.2) is 24.6 Å². The van der Waals surface area contributed by atoms with Crippen LogP contribution in [0.4, 0.5) is 0 Å². The number of unbranched alkanes of at least 4 members (excludes halogenated alkanes) is 2. The first kappa shape index (κ1) is 18.5. The van der Waals surface area contributed by atoms with Crippen molar-refractivity contribution < 1.29 is 19.1 Å². The molecule has 0 amide bonds. The van der Waals surface area contributed by atoms with E-state index in [2.05, 4.69) is 6.92 Å². The Kier molecular flexibility index (Phi) is 5.51. The van der Waals surface area contributed by atoms with Gasteiger partial charge in [-0.25, -0.2) is 9.59 Å². The zero-order valence-corrected chi connectivity index (χ0v) is 16.2. The van der Waals surface area contributed by atoms with E-state index in [0.29, 0.717) is 29.6 Å². The van der Waals surface area contributed by atoms with Crippen LogP contribution in [0.2, 0.25) is 0 Å². The minimum atomic E-state index is -0.327. The van der Waals surface area contributed by atoms with Gasteiger partial charge in [0.1, 0.15) is 6.10 Å². The lowest BCUT2D eigenvalue weighted by molar-refractivity contribution is -0.101. The van der Waals surface area contributed by atoms with Crippen LogP contribution >= 0.6 is 0 Å². The summed E-state index contributed by atoms with van der Waals surface area (Å²) in [6, 6.07) is 6.69. The smallest absolute Gasteiger partial charge is 0.338 e. The van der Waals surface area contributed by atoms with E-state index < -0.39 is 0 Å². The summed E-state index contributed by atoms with van der Waals surface area (Å²) in [4.78, 5) is 24.7. The third-order valence-electron chi connectivity index (χ3n) is 6.72. The lowest BCUT2D eigenvalue weighted by Crippen LogP contribution is -2.50. The van der Waals surface area contributed by atoms with Crippen LogP contribution in [0.1, 0.15) is 79.0 Å². The van der Waals surface area contributed by atoms with Gasteiger partial charge in [-0.05, 0) is 86.5 Å². The summed E-state index contributed by atoms with van der Waals surface area (Å²) in [5, 5.41) is 0. The molecule has 1 aromatic carbocycles. The van der Waals surface area contributed by atoms with Crippen LogP contribution in [-0.2, 0) is 9.47 Å². The van der Waals surface area contributed by atoms with Crippen molar-refractivity contribution in [2.45, 2.75) is 64.4 Å². The molecule has 0 heterocycles. The highest BCUT2D eigenvalue weighted by Gasteiger charge is 2.49. The quantitative estimate of drug-likeness (QED) is 0.500. The van der Waals surface area contributed by atoms with Gasteiger partial charge in [0.25, 0.3) is 0 Å². The van der Waals surface area contributed by atoms with Gasteiger partial charge in [0.15, 0.2) is 0 Å². The van der Waals surface area contributed by atoms with Crippen molar-refractivity contribution in [3.63, 3.8) is 0 Å². The van der Waals surface area contributed by atoms with E-state index >= 15 is 0 Å². The molecule has 4 aliphatic carbocycles. The highest BCUT2D eigenvalue weighted by molar-refractivity contribution is 5.93. The summed E-state index contributed by atoms with van der Waals surface area (Å²) < 4.78 is 11.2. The van der Waals surface area contributed by atoms with Crippen LogP contribution in [0.15, 0.2) is 24.3 Å². The van der Waals surface area contributed by atoms with E-state index in [1.165, 1.54) is 32.1 Å². The molecule has 4 fully saturated rings. The summed E-state index contributed by atoms with van der Waals surface area (Å²) in [6.45, 7) is 2.56. The van der Waals surface area contributed by atoms with Crippen LogP contribution in [0.3, 0.4) is 0 Å². The highest BCUT2D eigenvalue weighted by Crippen LogP contribution is 2.54. The first-order chi connectivity index (χ1) is 13.1. The van der Waals surface area contributed by atoms with Crippen molar-refractivity contribution in [1.29, 1.82) is 0 Å². The van der Waals surface area contributed by atoms with Crippen molar-refractivity contribution in [3.05, 3.63) is 35.4 Å². The molecule has 0 N–H and O–H groups in total. The SMILES string of the molecule is CCCCCOC(=O)c1ccc(C(=O)OC2C3CC4CC(C3)CC2C4)cc1. The molecule has 0 unspecified atom stereocenters. The lowest BCUT2D eigenvalue weighted by atomic mass is 9.55. The number of ether oxygens (including phenoxy) is 2. The van der Waals surface area contributed by atoms with Crippen molar-refractivity contribution in [3.8, 4) is 0 Å². The zero-order valence-electron chi connectivity index (χ0n) is 16.2. The zero-order chi connectivity index (χ0) is 18.8. The first-order valence-corrected chi connectivity index (χ1v) is 10.6. The Morgan fingerprint density at radius 3 is 1.96 bits per heavy atom. The van der Waals surface area contributed by atoms with Gasteiger partial charge < -0.3 is 9.47 Å². The molecule has 146 valence electrons. The molecule has 4 heteroatoms. The van der Waals surface area contributed by atoms with E-state index in [0.717, 1.165) is 31.1 Å². The predicted octanol–water partition coefficient (Wildman–Crippen LogP) is 5.02. The Balaban J connectivity index is 1.32. The monoisotopic (exact) mass is 370 g/mol. The van der Waals surface area contributed by atoms with E-state index in [4.69, 9.17) is 9.47 Å². The number of rotatable bonds is 7. The van der Waals surface area contributed by atoms with Crippen molar-refractivity contribution >= 4 is 11.9 Å². The topological polar surface area (TPSA) is 52.6 Å². The fourth-order valence-corrected chi connectivity index (χ4v) is 5.60. The van der Waals surface area contributed by atoms with Crippen LogP contribution < -0.4 is 0 Å². The molecule has 0 spiro atoms. The normalized spacial score (nSPS) is 30.9. The largest absolute Gasteiger partial charge is 0.462 e. The molecule has 4 bridgehead atoms. The summed E-state index contributed by atoms with van der Waals surface area (Å²) in [6.07, 6.45) is 9.44. The fraction of sp³-hybridized carbons (Fsp3) is 0.652. The molecule has 27 heavy (non-hydrogen) atoms. The number of benzene rings is 1. The Morgan fingerprint density at radius 1 is 0.852 bits per heavy atom. The maximum absolute atomic E-state index is 12.6. The van der Waals surface area contributed by atoms with E-state index in [-0.39, 0.29) is 18.0 Å². The molecule has 4 nitrogen and oxygen atoms in total. The first-order valence-electron chi connectivity index (χ1n) is 10.6. The maximum Gasteiger partial charge on any atom is 0.338 e. The molecular weight excluding hydrogens is 340 g/mol. The third-order valence-corrected chi connectivity index (χ3v) is 6.72. The summed E-state index contributed by atoms with van der Waals surface area (Å²) in [7, 11) is 0. The third kappa shape index (κ3) is 4.04. The summed E-state index contributed by atoms with van der Waals surface area (Å²) in [5.74, 6) is 2.27. The van der Waals surface area contributed by atoms with Gasteiger partial charge >= 0.3 is 11.9 Å². The van der Waals surface area contributed by atoms with E-state index in [9.17, 15) is 9.59 Å². The number of carbonyl (C=O) groups excluding carboxylic acids is 2. The van der Waals surface area contributed by atoms with Crippen molar-refractivity contribution in [1.82, 2.24) is 0 Å². The van der Waals surface area contributed by atoms with Gasteiger partial charge in [0.2, 0.25) is 0 Å². The molecule has 1 aromatic rings. The summed E-state index contributed by atoms with van der Waals surface area (Å²) in [5.41, 5.74) is 1.00. The standard InChI is InChI=1S/C23H30O4/c1-2-3-4-9-26-22(24)17-5-7-18(8-6-17)23(25)27-21-19-11-15-10-16(13-19)14-20(21)12-15/h5-8,15-16,19-21H,2-4,9-14H2,1H3. The molecule has 0 aliphatic heterocycles. The second-order valence-electron chi connectivity index (χ2n) is 8.72. The number of hydrogen-bond donors (Lipinski definition) is 0. The Hall–Kier alpha value is -1.84. The molecule has 0 radical (unpaired) electrons. The molecule has 0 saturated heterocycles. The maximum atomic E-state index is 12.6. The molecular formula is C23H30O4. The van der Waals surface area contributed by atoms with Gasteiger partial charge in [-0.1, -0.05) is 19.8 Å². The molecule has 0 atom stereocenters. The summed E-state index contributed by atoms with van der Waals surface area (Å²) >= 11 is 0. The molecule has 5 rings (SSSR count). The van der Waals surface area contributed by atoms with Gasteiger partial charge in [0, 0.05) is 0 Å². The highest BCUT2D eigenvalue weighted by atomic mass is 16.5. The number of carbonyl (C=O) groups is 2. The van der Waals surface area contributed by atoms with Crippen LogP contribution in [0.5, 0.6) is 0 Å². The van der Waals surface area contributed by atoms with Crippen LogP contribution in [0.25, 0.3) is 0 Å². The average molecular weight is 370 g/mol. The van der Waals surface area contributed by atoms with Gasteiger partial charge in [-0.15, -0.1) is 0 Å². The van der Waals surface area contributed by atoms with E-state index in [1.54, 1.807) is 24.3 Å². The second kappa shape index (κ2) is 8.04. The Bertz CT molecular complexity index is 650. The van der Waals surface area contributed by atoms with Crippen molar-refractivity contribution in [2.75, 3.05) is 6.61 Å². The fourth-order valence-electron chi connectivity index (χ4n) is 5.60. The van der Waals surface area contributed by atoms with Gasteiger partial charge in [-0.3, -0.25) is 0 Å². The average Bonchev–Trinajstić information content (AvgIpc) is 2.67. The van der Waals surface area contributed by atoms with Gasteiger partial charge in [-0.2, -0.15) is 0 Å². The van der Waals surface area contributed by atoms with Crippen molar-refractivity contribution in [2.24, 2.45) is 23.7 Å². The van der Waals surface area contributed by atoms with Gasteiger partial charge in [0.05, 0.1) is 17.7 Å².